The number of nitrogens with one attached hydrogen (secondary N) is 1. The fraction of sp³-hybridized carbons (Fsp3) is 0.933. The highest BCUT2D eigenvalue weighted by Gasteiger charge is 2.24. The second-order valence-corrected chi connectivity index (χ2v) is 6.31. The highest BCUT2D eigenvalue weighted by atomic mass is 35.5. The van der Waals surface area contributed by atoms with Gasteiger partial charge in [0, 0.05) is 19.1 Å². The van der Waals surface area contributed by atoms with Crippen molar-refractivity contribution in [3.05, 3.63) is 0 Å². The van der Waals surface area contributed by atoms with Crippen LogP contribution in [0.2, 0.25) is 0 Å². The Hall–Kier alpha value is -0.320. The summed E-state index contributed by atoms with van der Waals surface area (Å²) in [6.45, 7) is 7.01. The third kappa shape index (κ3) is 5.23. The Morgan fingerprint density at radius 3 is 2.60 bits per heavy atom. The van der Waals surface area contributed by atoms with E-state index in [9.17, 15) is 4.79 Å². The quantitative estimate of drug-likeness (QED) is 0.863. The molecule has 0 aliphatic carbocycles. The SMILES string of the molecule is CC1CCN(C(=O)CN(C)C2CCCNCC2)CC1.Cl. The summed E-state index contributed by atoms with van der Waals surface area (Å²) in [7, 11) is 2.11. The van der Waals surface area contributed by atoms with E-state index < -0.39 is 0 Å². The molecule has 0 aromatic rings. The minimum atomic E-state index is 0. The van der Waals surface area contributed by atoms with Gasteiger partial charge in [-0.25, -0.2) is 0 Å². The summed E-state index contributed by atoms with van der Waals surface area (Å²) < 4.78 is 0. The zero-order valence-electron chi connectivity index (χ0n) is 12.9. The molecule has 2 heterocycles. The third-order valence-electron chi connectivity index (χ3n) is 4.69. The Morgan fingerprint density at radius 2 is 1.90 bits per heavy atom. The fourth-order valence-electron chi connectivity index (χ4n) is 3.14. The summed E-state index contributed by atoms with van der Waals surface area (Å²) in [6.07, 6.45) is 5.95. The molecule has 2 fully saturated rings. The van der Waals surface area contributed by atoms with Gasteiger partial charge in [0.2, 0.25) is 5.91 Å². The number of piperidine rings is 1. The zero-order valence-corrected chi connectivity index (χ0v) is 13.8. The topological polar surface area (TPSA) is 35.6 Å². The lowest BCUT2D eigenvalue weighted by atomic mass is 9.99. The maximum Gasteiger partial charge on any atom is 0.236 e. The van der Waals surface area contributed by atoms with Gasteiger partial charge in [-0.15, -0.1) is 12.4 Å². The molecule has 0 aromatic carbocycles. The van der Waals surface area contributed by atoms with Gasteiger partial charge in [-0.1, -0.05) is 6.92 Å². The minimum Gasteiger partial charge on any atom is -0.342 e. The van der Waals surface area contributed by atoms with Crippen LogP contribution >= 0.6 is 12.4 Å². The number of hydrogen-bond acceptors (Lipinski definition) is 3. The highest BCUT2D eigenvalue weighted by Crippen LogP contribution is 2.17. The number of likely N-dealkylation sites (N-methyl/N-ethyl adjacent to an activating group) is 1. The second kappa shape index (κ2) is 8.85. The Kier molecular flexibility index (Phi) is 7.85. The van der Waals surface area contributed by atoms with Crippen LogP contribution in [0.3, 0.4) is 0 Å². The van der Waals surface area contributed by atoms with Crippen LogP contribution < -0.4 is 5.32 Å². The van der Waals surface area contributed by atoms with E-state index in [-0.39, 0.29) is 12.4 Å². The zero-order chi connectivity index (χ0) is 13.7. The van der Waals surface area contributed by atoms with Gasteiger partial charge in [-0.3, -0.25) is 9.69 Å². The number of rotatable bonds is 3. The summed E-state index contributed by atoms with van der Waals surface area (Å²) in [4.78, 5) is 16.6. The van der Waals surface area contributed by atoms with E-state index in [4.69, 9.17) is 0 Å². The van der Waals surface area contributed by atoms with Gasteiger partial charge in [-0.2, -0.15) is 0 Å². The molecule has 5 heteroatoms. The molecule has 1 unspecified atom stereocenters. The van der Waals surface area contributed by atoms with Crippen molar-refractivity contribution in [2.24, 2.45) is 5.92 Å². The van der Waals surface area contributed by atoms with Crippen molar-refractivity contribution >= 4 is 18.3 Å². The van der Waals surface area contributed by atoms with Crippen LogP contribution in [-0.4, -0.2) is 61.5 Å². The third-order valence-corrected chi connectivity index (χ3v) is 4.69. The van der Waals surface area contributed by atoms with Gasteiger partial charge >= 0.3 is 0 Å². The highest BCUT2D eigenvalue weighted by molar-refractivity contribution is 5.85. The first-order valence-corrected chi connectivity index (χ1v) is 7.85. The van der Waals surface area contributed by atoms with Crippen molar-refractivity contribution in [2.45, 2.75) is 45.1 Å². The number of nitrogens with zero attached hydrogens (tertiary/aromatic N) is 2. The Morgan fingerprint density at radius 1 is 1.20 bits per heavy atom. The number of likely N-dealkylation sites (tertiary alicyclic amines) is 1. The average molecular weight is 304 g/mol. The van der Waals surface area contributed by atoms with E-state index in [0.29, 0.717) is 18.5 Å². The summed E-state index contributed by atoms with van der Waals surface area (Å²) >= 11 is 0. The lowest BCUT2D eigenvalue weighted by Gasteiger charge is -2.33. The summed E-state index contributed by atoms with van der Waals surface area (Å²) in [5.41, 5.74) is 0. The van der Waals surface area contributed by atoms with Crippen LogP contribution in [0.4, 0.5) is 0 Å². The first-order valence-electron chi connectivity index (χ1n) is 7.85. The number of amides is 1. The molecule has 0 aromatic heterocycles. The molecule has 2 saturated heterocycles. The number of carbonyl (C=O) groups is 1. The van der Waals surface area contributed by atoms with Gasteiger partial charge in [0.1, 0.15) is 0 Å². The predicted molar refractivity (Wildman–Crippen MR) is 85.4 cm³/mol. The normalized spacial score (nSPS) is 25.1. The maximum atomic E-state index is 12.3. The van der Waals surface area contributed by atoms with Crippen LogP contribution in [0.25, 0.3) is 0 Å². The van der Waals surface area contributed by atoms with Crippen LogP contribution in [0.1, 0.15) is 39.0 Å². The van der Waals surface area contributed by atoms with Crippen LogP contribution in [0.15, 0.2) is 0 Å². The first-order chi connectivity index (χ1) is 9.16. The van der Waals surface area contributed by atoms with Crippen molar-refractivity contribution in [2.75, 3.05) is 39.8 Å². The number of halogens is 1. The molecule has 1 N–H and O–H groups in total. The molecule has 1 atom stereocenters. The summed E-state index contributed by atoms with van der Waals surface area (Å²) in [5.74, 6) is 1.11. The van der Waals surface area contributed by atoms with Gasteiger partial charge in [-0.05, 0) is 58.2 Å². The van der Waals surface area contributed by atoms with Crippen molar-refractivity contribution in [1.82, 2.24) is 15.1 Å². The molecular formula is C15H30ClN3O. The molecule has 1 amide bonds. The molecule has 20 heavy (non-hydrogen) atoms. The molecule has 4 nitrogen and oxygen atoms in total. The van der Waals surface area contributed by atoms with Crippen LogP contribution in [-0.2, 0) is 4.79 Å². The maximum absolute atomic E-state index is 12.3. The lowest BCUT2D eigenvalue weighted by molar-refractivity contribution is -0.134. The smallest absolute Gasteiger partial charge is 0.236 e. The van der Waals surface area contributed by atoms with E-state index in [2.05, 4.69) is 29.1 Å². The van der Waals surface area contributed by atoms with E-state index >= 15 is 0 Å². The molecule has 118 valence electrons. The van der Waals surface area contributed by atoms with Crippen molar-refractivity contribution in [1.29, 1.82) is 0 Å². The molecule has 2 aliphatic heterocycles. The van der Waals surface area contributed by atoms with Gasteiger partial charge in [0.05, 0.1) is 6.54 Å². The Balaban J connectivity index is 0.00000200. The largest absolute Gasteiger partial charge is 0.342 e. The van der Waals surface area contributed by atoms with Gasteiger partial charge in [0.15, 0.2) is 0 Å². The van der Waals surface area contributed by atoms with Gasteiger partial charge < -0.3 is 10.2 Å². The van der Waals surface area contributed by atoms with E-state index in [1.165, 1.54) is 32.1 Å². The average Bonchev–Trinajstić information content (AvgIpc) is 2.68. The van der Waals surface area contributed by atoms with Crippen molar-refractivity contribution in [3.8, 4) is 0 Å². The number of hydrogen-bond donors (Lipinski definition) is 1. The summed E-state index contributed by atoms with van der Waals surface area (Å²) in [5, 5.41) is 3.43. The monoisotopic (exact) mass is 303 g/mol. The van der Waals surface area contributed by atoms with Crippen molar-refractivity contribution < 1.29 is 4.79 Å². The van der Waals surface area contributed by atoms with E-state index in [0.717, 1.165) is 32.1 Å². The summed E-state index contributed by atoms with van der Waals surface area (Å²) in [6, 6.07) is 0.572. The Labute approximate surface area is 129 Å². The minimum absolute atomic E-state index is 0. The molecule has 0 radical (unpaired) electrons. The van der Waals surface area contributed by atoms with Gasteiger partial charge in [0.25, 0.3) is 0 Å². The molecule has 2 aliphatic rings. The van der Waals surface area contributed by atoms with E-state index in [1.54, 1.807) is 0 Å². The molecule has 0 bridgehead atoms. The standard InChI is InChI=1S/C15H29N3O.ClH/c1-13-6-10-18(11-7-13)15(19)12-17(2)14-4-3-8-16-9-5-14;/h13-14,16H,3-12H2,1-2H3;1H. The van der Waals surface area contributed by atoms with Crippen molar-refractivity contribution in [3.63, 3.8) is 0 Å². The van der Waals surface area contributed by atoms with Crippen LogP contribution in [0.5, 0.6) is 0 Å². The number of carbonyl (C=O) groups excluding carboxylic acids is 1. The van der Waals surface area contributed by atoms with Crippen LogP contribution in [0, 0.1) is 5.92 Å². The molecular weight excluding hydrogens is 274 g/mol. The molecule has 2 rings (SSSR count). The predicted octanol–water partition coefficient (Wildman–Crippen LogP) is 1.74. The second-order valence-electron chi connectivity index (χ2n) is 6.31. The Bertz CT molecular complexity index is 285. The molecule has 0 saturated carbocycles. The van der Waals surface area contributed by atoms with E-state index in [1.807, 2.05) is 0 Å². The first kappa shape index (κ1) is 17.7. The lowest BCUT2D eigenvalue weighted by Crippen LogP contribution is -2.45. The fourth-order valence-corrected chi connectivity index (χ4v) is 3.14. The molecule has 0 spiro atoms.